The Morgan fingerprint density at radius 3 is 3.00 bits per heavy atom. The average molecular weight is 309 g/mol. The molecule has 2 aromatic rings. The van der Waals surface area contributed by atoms with Crippen molar-refractivity contribution < 1.29 is 9.53 Å². The number of hydrogen-bond donors (Lipinski definition) is 0. The second-order valence-corrected chi connectivity index (χ2v) is 5.46. The van der Waals surface area contributed by atoms with Crippen LogP contribution in [0.2, 0.25) is 0 Å². The maximum absolute atomic E-state index is 11.7. The zero-order valence-corrected chi connectivity index (χ0v) is 11.6. The second kappa shape index (κ2) is 4.48. The summed E-state index contributed by atoms with van der Waals surface area (Å²) in [5.41, 5.74) is 2.53. The van der Waals surface area contributed by atoms with Crippen molar-refractivity contribution in [3.8, 4) is 0 Å². The Labute approximate surface area is 113 Å². The molecule has 5 heteroatoms. The Bertz CT molecular complexity index is 617. The monoisotopic (exact) mass is 308 g/mol. The molecule has 18 heavy (non-hydrogen) atoms. The first kappa shape index (κ1) is 11.9. The normalized spacial score (nSPS) is 15.2. The number of rotatable bonds is 4. The molecule has 3 rings (SSSR count). The van der Waals surface area contributed by atoms with Crippen molar-refractivity contribution in [2.45, 2.75) is 18.8 Å². The molecule has 2 heterocycles. The highest BCUT2D eigenvalue weighted by Gasteiger charge is 2.25. The van der Waals surface area contributed by atoms with Crippen LogP contribution in [0.4, 0.5) is 0 Å². The third kappa shape index (κ3) is 2.08. The third-order valence-electron chi connectivity index (χ3n) is 3.14. The molecule has 4 nitrogen and oxygen atoms in total. The lowest BCUT2D eigenvalue weighted by atomic mass is 10.2. The molecule has 0 bridgehead atoms. The van der Waals surface area contributed by atoms with E-state index in [-0.39, 0.29) is 12.4 Å². The van der Waals surface area contributed by atoms with E-state index in [1.54, 1.807) is 6.20 Å². The molecule has 1 aliphatic carbocycles. The first-order valence-electron chi connectivity index (χ1n) is 5.89. The number of hydrogen-bond acceptors (Lipinski definition) is 3. The van der Waals surface area contributed by atoms with Gasteiger partial charge in [0.25, 0.3) is 0 Å². The van der Waals surface area contributed by atoms with Gasteiger partial charge in [0.2, 0.25) is 5.78 Å². The molecule has 94 valence electrons. The quantitative estimate of drug-likeness (QED) is 0.816. The van der Waals surface area contributed by atoms with Gasteiger partial charge < -0.3 is 9.14 Å². The van der Waals surface area contributed by atoms with Gasteiger partial charge in [0, 0.05) is 19.5 Å². The summed E-state index contributed by atoms with van der Waals surface area (Å²) in [6.07, 6.45) is 6.34. The number of aromatic nitrogens is 2. The number of nitrogens with zero attached hydrogens (tertiary/aromatic N) is 2. The van der Waals surface area contributed by atoms with Crippen molar-refractivity contribution in [1.29, 1.82) is 0 Å². The van der Waals surface area contributed by atoms with Crippen molar-refractivity contribution in [1.82, 2.24) is 9.38 Å². The second-order valence-electron chi connectivity index (χ2n) is 4.61. The van der Waals surface area contributed by atoms with Gasteiger partial charge in [-0.15, -0.1) is 0 Å². The molecule has 0 saturated heterocycles. The Kier molecular flexibility index (Phi) is 2.95. The van der Waals surface area contributed by atoms with Gasteiger partial charge in [-0.1, -0.05) is 0 Å². The van der Waals surface area contributed by atoms with Crippen molar-refractivity contribution >= 4 is 27.4 Å². The van der Waals surface area contributed by atoms with Gasteiger partial charge in [-0.2, -0.15) is 0 Å². The van der Waals surface area contributed by atoms with E-state index in [4.69, 9.17) is 4.74 Å². The number of carbonyl (C=O) groups excluding carboxylic acids is 1. The van der Waals surface area contributed by atoms with Gasteiger partial charge >= 0.3 is 0 Å². The standard InChI is InChI=1S/C13H13BrN2O2/c1-18-7-12(17)11-6-16-5-9(8-2-3-8)4-10(14)13(16)15-11/h4-6,8H,2-3,7H2,1H3. The summed E-state index contributed by atoms with van der Waals surface area (Å²) in [6.45, 7) is 0.0665. The fourth-order valence-corrected chi connectivity index (χ4v) is 2.61. The molecule has 0 N–H and O–H groups in total. The van der Waals surface area contributed by atoms with Crippen LogP contribution in [0.15, 0.2) is 22.9 Å². The van der Waals surface area contributed by atoms with E-state index in [1.165, 1.54) is 25.5 Å². The van der Waals surface area contributed by atoms with Crippen LogP contribution < -0.4 is 0 Å². The Balaban J connectivity index is 2.05. The first-order chi connectivity index (χ1) is 8.69. The average Bonchev–Trinajstić information content (AvgIpc) is 3.09. The molecule has 0 aliphatic heterocycles. The van der Waals surface area contributed by atoms with Crippen LogP contribution in [0, 0.1) is 0 Å². The van der Waals surface area contributed by atoms with Crippen LogP contribution in [0.25, 0.3) is 5.65 Å². The SMILES string of the molecule is COCC(=O)c1cn2cc(C3CC3)cc(Br)c2n1. The van der Waals surface area contributed by atoms with Gasteiger partial charge in [-0.05, 0) is 46.3 Å². The van der Waals surface area contributed by atoms with E-state index in [0.29, 0.717) is 11.6 Å². The lowest BCUT2D eigenvalue weighted by molar-refractivity contribution is 0.0843. The highest BCUT2D eigenvalue weighted by molar-refractivity contribution is 9.10. The summed E-state index contributed by atoms with van der Waals surface area (Å²) >= 11 is 3.52. The number of pyridine rings is 1. The fraction of sp³-hybridized carbons (Fsp3) is 0.385. The summed E-state index contributed by atoms with van der Waals surface area (Å²) < 4.78 is 7.70. The molecule has 1 aliphatic rings. The van der Waals surface area contributed by atoms with E-state index in [1.807, 2.05) is 4.40 Å². The van der Waals surface area contributed by atoms with Crippen LogP contribution >= 0.6 is 15.9 Å². The number of ketones is 1. The number of fused-ring (bicyclic) bond motifs is 1. The summed E-state index contributed by atoms with van der Waals surface area (Å²) in [7, 11) is 1.51. The molecular weight excluding hydrogens is 296 g/mol. The summed E-state index contributed by atoms with van der Waals surface area (Å²) in [5.74, 6) is 0.576. The van der Waals surface area contributed by atoms with Gasteiger partial charge in [0.05, 0.1) is 4.47 Å². The van der Waals surface area contributed by atoms with Crippen LogP contribution in [0.3, 0.4) is 0 Å². The zero-order valence-electron chi connectivity index (χ0n) is 10.0. The first-order valence-corrected chi connectivity index (χ1v) is 6.68. The van der Waals surface area contributed by atoms with Crippen molar-refractivity contribution in [3.63, 3.8) is 0 Å². The topological polar surface area (TPSA) is 43.6 Å². The molecule has 0 aromatic carbocycles. The maximum atomic E-state index is 11.7. The van der Waals surface area contributed by atoms with E-state index in [0.717, 1.165) is 10.1 Å². The Morgan fingerprint density at radius 1 is 1.56 bits per heavy atom. The minimum absolute atomic E-state index is 0.0665. The largest absolute Gasteiger partial charge is 0.376 e. The molecule has 0 unspecified atom stereocenters. The minimum Gasteiger partial charge on any atom is -0.376 e. The molecule has 0 spiro atoms. The number of halogens is 1. The molecule has 2 aromatic heterocycles. The zero-order chi connectivity index (χ0) is 12.7. The van der Waals surface area contributed by atoms with Crippen LogP contribution in [0.5, 0.6) is 0 Å². The molecular formula is C13H13BrN2O2. The van der Waals surface area contributed by atoms with Gasteiger partial charge in [-0.25, -0.2) is 4.98 Å². The number of methoxy groups -OCH3 is 1. The van der Waals surface area contributed by atoms with Crippen molar-refractivity contribution in [3.05, 3.63) is 34.2 Å². The minimum atomic E-state index is -0.0962. The fourth-order valence-electron chi connectivity index (χ4n) is 2.06. The van der Waals surface area contributed by atoms with Gasteiger partial charge in [0.15, 0.2) is 5.65 Å². The molecule has 0 amide bonds. The highest BCUT2D eigenvalue weighted by Crippen LogP contribution is 2.41. The molecule has 1 saturated carbocycles. The predicted octanol–water partition coefficient (Wildman–Crippen LogP) is 2.80. The van der Waals surface area contributed by atoms with Crippen LogP contribution in [0.1, 0.15) is 34.8 Å². The van der Waals surface area contributed by atoms with Crippen molar-refractivity contribution in [2.24, 2.45) is 0 Å². The van der Waals surface area contributed by atoms with Crippen molar-refractivity contribution in [2.75, 3.05) is 13.7 Å². The van der Waals surface area contributed by atoms with Gasteiger partial charge in [-0.3, -0.25) is 4.79 Å². The summed E-state index contributed by atoms with van der Waals surface area (Å²) in [6, 6.07) is 2.10. The molecule has 1 fully saturated rings. The highest BCUT2D eigenvalue weighted by atomic mass is 79.9. The van der Waals surface area contributed by atoms with E-state index >= 15 is 0 Å². The number of ether oxygens (including phenoxy) is 1. The lowest BCUT2D eigenvalue weighted by Gasteiger charge is -2.01. The van der Waals surface area contributed by atoms with E-state index in [9.17, 15) is 4.79 Å². The molecule has 0 radical (unpaired) electrons. The third-order valence-corrected chi connectivity index (χ3v) is 3.72. The van der Waals surface area contributed by atoms with Gasteiger partial charge in [0.1, 0.15) is 12.3 Å². The maximum Gasteiger partial charge on any atom is 0.208 e. The smallest absolute Gasteiger partial charge is 0.208 e. The summed E-state index contributed by atoms with van der Waals surface area (Å²) in [5, 5.41) is 0. The number of Topliss-reactive ketones (excluding diaryl/α,β-unsaturated/α-hetero) is 1. The Morgan fingerprint density at radius 2 is 2.33 bits per heavy atom. The van der Waals surface area contributed by atoms with Crippen LogP contribution in [-0.4, -0.2) is 28.9 Å². The van der Waals surface area contributed by atoms with E-state index in [2.05, 4.69) is 33.2 Å². The summed E-state index contributed by atoms with van der Waals surface area (Å²) in [4.78, 5) is 16.1. The Hall–Kier alpha value is -1.20. The number of imidazole rings is 1. The predicted molar refractivity (Wildman–Crippen MR) is 71.1 cm³/mol. The lowest BCUT2D eigenvalue weighted by Crippen LogP contribution is -2.06. The van der Waals surface area contributed by atoms with E-state index < -0.39 is 0 Å². The molecule has 0 atom stereocenters. The van der Waals surface area contributed by atoms with Crippen LogP contribution in [-0.2, 0) is 4.74 Å². The number of carbonyl (C=O) groups is 1.